The van der Waals surface area contributed by atoms with E-state index in [1.807, 2.05) is 29.2 Å². The Labute approximate surface area is 132 Å². The van der Waals surface area contributed by atoms with Crippen LogP contribution in [0.1, 0.15) is 47.9 Å². The zero-order valence-electron chi connectivity index (χ0n) is 13.3. The number of para-hydroxylation sites is 1. The maximum Gasteiger partial charge on any atom is 0.258 e. The van der Waals surface area contributed by atoms with Crippen LogP contribution in [0.2, 0.25) is 0 Å². The Morgan fingerprint density at radius 2 is 1.82 bits per heavy atom. The number of rotatable bonds is 3. The number of anilines is 1. The summed E-state index contributed by atoms with van der Waals surface area (Å²) in [5, 5.41) is 3.53. The van der Waals surface area contributed by atoms with Crippen LogP contribution in [-0.2, 0) is 0 Å². The minimum atomic E-state index is -0.113. The van der Waals surface area contributed by atoms with Crippen LogP contribution in [0, 0.1) is 6.92 Å². The molecule has 0 spiro atoms. The summed E-state index contributed by atoms with van der Waals surface area (Å²) in [7, 11) is 0. The molecule has 2 atom stereocenters. The van der Waals surface area contributed by atoms with Crippen LogP contribution in [0.3, 0.4) is 0 Å². The van der Waals surface area contributed by atoms with Crippen LogP contribution in [0.15, 0.2) is 48.5 Å². The number of carbonyl (C=O) groups is 1. The first-order valence-corrected chi connectivity index (χ1v) is 7.86. The van der Waals surface area contributed by atoms with Crippen molar-refractivity contribution in [2.24, 2.45) is 0 Å². The molecule has 2 unspecified atom stereocenters. The molecule has 0 bridgehead atoms. The molecular weight excluding hydrogens is 272 g/mol. The monoisotopic (exact) mass is 294 g/mol. The lowest BCUT2D eigenvalue weighted by Gasteiger charge is -2.41. The van der Waals surface area contributed by atoms with Gasteiger partial charge in [0.05, 0.1) is 5.56 Å². The van der Waals surface area contributed by atoms with Crippen LogP contribution < -0.4 is 5.32 Å². The lowest BCUT2D eigenvalue weighted by atomic mass is 10.0. The molecule has 1 amide bonds. The molecule has 2 aromatic rings. The second-order valence-electron chi connectivity index (χ2n) is 5.97. The molecule has 3 nitrogen and oxygen atoms in total. The Morgan fingerprint density at radius 1 is 1.14 bits per heavy atom. The molecule has 2 aromatic carbocycles. The average molecular weight is 294 g/mol. The lowest BCUT2D eigenvalue weighted by molar-refractivity contribution is 0.0593. The number of fused-ring (bicyclic) bond motifs is 1. The van der Waals surface area contributed by atoms with Crippen molar-refractivity contribution in [2.45, 2.75) is 39.4 Å². The number of hydrogen-bond acceptors (Lipinski definition) is 2. The van der Waals surface area contributed by atoms with Crippen LogP contribution in [0.5, 0.6) is 0 Å². The van der Waals surface area contributed by atoms with Crippen LogP contribution in [0.25, 0.3) is 0 Å². The Hall–Kier alpha value is -2.29. The number of amides is 1. The van der Waals surface area contributed by atoms with E-state index in [9.17, 15) is 4.79 Å². The van der Waals surface area contributed by atoms with E-state index in [-0.39, 0.29) is 18.1 Å². The third-order valence-corrected chi connectivity index (χ3v) is 4.42. The quantitative estimate of drug-likeness (QED) is 0.912. The molecule has 1 N–H and O–H groups in total. The number of benzene rings is 2. The van der Waals surface area contributed by atoms with Crippen molar-refractivity contribution in [2.75, 3.05) is 5.32 Å². The fourth-order valence-electron chi connectivity index (χ4n) is 2.91. The van der Waals surface area contributed by atoms with Gasteiger partial charge in [0.2, 0.25) is 0 Å². The van der Waals surface area contributed by atoms with Crippen molar-refractivity contribution >= 4 is 11.6 Å². The van der Waals surface area contributed by atoms with Crippen molar-refractivity contribution in [3.63, 3.8) is 0 Å². The van der Waals surface area contributed by atoms with E-state index >= 15 is 0 Å². The standard InChI is InChI=1S/C19H22N2O/c1-4-14(3)21-18(15-11-9-13(2)10-12-15)20-17-8-6-5-7-16(17)19(21)22/h5-12,14,18,20H,4H2,1-3H3. The predicted molar refractivity (Wildman–Crippen MR) is 89.9 cm³/mol. The topological polar surface area (TPSA) is 32.3 Å². The van der Waals surface area contributed by atoms with Gasteiger partial charge in [-0.25, -0.2) is 0 Å². The van der Waals surface area contributed by atoms with Crippen molar-refractivity contribution in [1.29, 1.82) is 0 Å². The molecule has 0 aliphatic carbocycles. The zero-order chi connectivity index (χ0) is 15.7. The second-order valence-corrected chi connectivity index (χ2v) is 5.97. The second kappa shape index (κ2) is 5.84. The van der Waals surface area contributed by atoms with E-state index in [4.69, 9.17) is 0 Å². The molecule has 1 heterocycles. The summed E-state index contributed by atoms with van der Waals surface area (Å²) in [6.45, 7) is 6.30. The van der Waals surface area contributed by atoms with Crippen LogP contribution >= 0.6 is 0 Å². The van der Waals surface area contributed by atoms with Crippen LogP contribution in [0.4, 0.5) is 5.69 Å². The Bertz CT molecular complexity index is 678. The molecular formula is C19H22N2O. The summed E-state index contributed by atoms with van der Waals surface area (Å²) in [5.74, 6) is 0.106. The third-order valence-electron chi connectivity index (χ3n) is 4.42. The largest absolute Gasteiger partial charge is 0.361 e. The minimum absolute atomic E-state index is 0.106. The molecule has 1 aliphatic heterocycles. The fraction of sp³-hybridized carbons (Fsp3) is 0.316. The zero-order valence-corrected chi connectivity index (χ0v) is 13.3. The maximum absolute atomic E-state index is 13.0. The molecule has 114 valence electrons. The molecule has 1 aliphatic rings. The summed E-state index contributed by atoms with van der Waals surface area (Å²) < 4.78 is 0. The van der Waals surface area contributed by atoms with Gasteiger partial charge in [0.1, 0.15) is 6.17 Å². The van der Waals surface area contributed by atoms with Crippen molar-refractivity contribution < 1.29 is 4.79 Å². The summed E-state index contributed by atoms with van der Waals surface area (Å²) in [5.41, 5.74) is 4.01. The smallest absolute Gasteiger partial charge is 0.258 e. The lowest BCUT2D eigenvalue weighted by Crippen LogP contribution is -2.47. The number of hydrogen-bond donors (Lipinski definition) is 1. The van der Waals surface area contributed by atoms with Crippen molar-refractivity contribution in [3.8, 4) is 0 Å². The Morgan fingerprint density at radius 3 is 2.50 bits per heavy atom. The van der Waals surface area contributed by atoms with Gasteiger partial charge in [0, 0.05) is 11.7 Å². The normalized spacial score (nSPS) is 18.6. The van der Waals surface area contributed by atoms with Crippen molar-refractivity contribution in [1.82, 2.24) is 4.90 Å². The predicted octanol–water partition coefficient (Wildman–Crippen LogP) is 4.36. The van der Waals surface area contributed by atoms with Gasteiger partial charge in [-0.05, 0) is 38.0 Å². The highest BCUT2D eigenvalue weighted by atomic mass is 16.2. The summed E-state index contributed by atoms with van der Waals surface area (Å²) in [6, 6.07) is 16.3. The van der Waals surface area contributed by atoms with Gasteiger partial charge in [-0.3, -0.25) is 4.79 Å². The van der Waals surface area contributed by atoms with E-state index in [1.165, 1.54) is 5.56 Å². The number of nitrogens with one attached hydrogen (secondary N) is 1. The van der Waals surface area contributed by atoms with Gasteiger partial charge in [0.25, 0.3) is 5.91 Å². The number of nitrogens with zero attached hydrogens (tertiary/aromatic N) is 1. The molecule has 3 heteroatoms. The molecule has 0 radical (unpaired) electrons. The van der Waals surface area contributed by atoms with E-state index < -0.39 is 0 Å². The summed E-state index contributed by atoms with van der Waals surface area (Å²) in [6.07, 6.45) is 0.816. The SMILES string of the molecule is CCC(C)N1C(=O)c2ccccc2NC1c1ccc(C)cc1. The van der Waals surface area contributed by atoms with Gasteiger partial charge in [-0.1, -0.05) is 48.9 Å². The summed E-state index contributed by atoms with van der Waals surface area (Å²) in [4.78, 5) is 14.9. The molecule has 0 saturated carbocycles. The van der Waals surface area contributed by atoms with E-state index in [2.05, 4.69) is 50.4 Å². The number of aryl methyl sites for hydroxylation is 1. The van der Waals surface area contributed by atoms with E-state index in [0.717, 1.165) is 23.2 Å². The average Bonchev–Trinajstić information content (AvgIpc) is 2.55. The van der Waals surface area contributed by atoms with Crippen molar-refractivity contribution in [3.05, 3.63) is 65.2 Å². The molecule has 3 rings (SSSR count). The summed E-state index contributed by atoms with van der Waals surface area (Å²) >= 11 is 0. The van der Waals surface area contributed by atoms with Gasteiger partial charge in [-0.15, -0.1) is 0 Å². The first kappa shape index (κ1) is 14.6. The molecule has 0 saturated heterocycles. The highest BCUT2D eigenvalue weighted by Gasteiger charge is 2.35. The van der Waals surface area contributed by atoms with Crippen LogP contribution in [-0.4, -0.2) is 16.8 Å². The Kier molecular flexibility index (Phi) is 3.88. The first-order chi connectivity index (χ1) is 10.6. The van der Waals surface area contributed by atoms with Gasteiger partial charge < -0.3 is 10.2 Å². The molecule has 0 fully saturated rings. The van der Waals surface area contributed by atoms with Gasteiger partial charge in [0.15, 0.2) is 0 Å². The minimum Gasteiger partial charge on any atom is -0.361 e. The Balaban J connectivity index is 2.06. The fourth-order valence-corrected chi connectivity index (χ4v) is 2.91. The molecule has 22 heavy (non-hydrogen) atoms. The first-order valence-electron chi connectivity index (χ1n) is 7.86. The van der Waals surface area contributed by atoms with E-state index in [0.29, 0.717) is 0 Å². The van der Waals surface area contributed by atoms with Gasteiger partial charge in [-0.2, -0.15) is 0 Å². The van der Waals surface area contributed by atoms with E-state index in [1.54, 1.807) is 0 Å². The highest BCUT2D eigenvalue weighted by molar-refractivity contribution is 6.01. The maximum atomic E-state index is 13.0. The highest BCUT2D eigenvalue weighted by Crippen LogP contribution is 2.34. The molecule has 0 aromatic heterocycles. The number of carbonyl (C=O) groups excluding carboxylic acids is 1. The third kappa shape index (κ3) is 2.47. The van der Waals surface area contributed by atoms with Gasteiger partial charge >= 0.3 is 0 Å².